The Kier molecular flexibility index (Phi) is 4.08. The van der Waals surface area contributed by atoms with Crippen LogP contribution in [0.1, 0.15) is 5.56 Å². The molecule has 0 aliphatic heterocycles. The molecule has 0 spiro atoms. The van der Waals surface area contributed by atoms with Crippen molar-refractivity contribution in [1.29, 1.82) is 0 Å². The van der Waals surface area contributed by atoms with Crippen molar-refractivity contribution in [3.63, 3.8) is 0 Å². The molecule has 0 bridgehead atoms. The minimum atomic E-state index is 0. The molecule has 0 aliphatic carbocycles. The third-order valence-electron chi connectivity index (χ3n) is 2.10. The van der Waals surface area contributed by atoms with Gasteiger partial charge in [0.15, 0.2) is 0 Å². The predicted octanol–water partition coefficient (Wildman–Crippen LogP) is 3.46. The summed E-state index contributed by atoms with van der Waals surface area (Å²) in [4.78, 5) is 0. The van der Waals surface area contributed by atoms with Gasteiger partial charge in [0.1, 0.15) is 0 Å². The molecule has 0 saturated carbocycles. The number of hydrogen-bond acceptors (Lipinski definition) is 0. The maximum absolute atomic E-state index is 2.29. The molecule has 63 valence electrons. The fourth-order valence-corrected chi connectivity index (χ4v) is 2.05. The number of halogens is 1. The summed E-state index contributed by atoms with van der Waals surface area (Å²) >= 11 is 1.35. The molecule has 0 N–H and O–H groups in total. The van der Waals surface area contributed by atoms with Gasteiger partial charge in [0, 0.05) is 0 Å². The average Bonchev–Trinajstić information content (AvgIpc) is 2.17. The van der Waals surface area contributed by atoms with Gasteiger partial charge in [-0.1, -0.05) is 0 Å². The van der Waals surface area contributed by atoms with Crippen LogP contribution in [0.5, 0.6) is 0 Å². The van der Waals surface area contributed by atoms with Crippen LogP contribution in [0.3, 0.4) is 0 Å². The van der Waals surface area contributed by atoms with Crippen molar-refractivity contribution in [2.45, 2.75) is 5.02 Å². The predicted molar refractivity (Wildman–Crippen MR) is 58.0 cm³/mol. The maximum atomic E-state index is 2.29. The topological polar surface area (TPSA) is 0 Å². The van der Waals surface area contributed by atoms with Gasteiger partial charge in [-0.2, -0.15) is 0 Å². The summed E-state index contributed by atoms with van der Waals surface area (Å²) in [5.41, 5.74) is 1.47. The van der Waals surface area contributed by atoms with Crippen LogP contribution in [0, 0.1) is 0 Å². The van der Waals surface area contributed by atoms with Crippen molar-refractivity contribution >= 4 is 27.8 Å². The molecule has 0 radical (unpaired) electrons. The molecular formula is C11H10BrZn. The number of rotatable bonds is 1. The monoisotopic (exact) mass is 285 g/mol. The van der Waals surface area contributed by atoms with E-state index in [0.717, 1.165) is 0 Å². The Labute approximate surface area is 98.8 Å². The molecule has 2 aromatic carbocycles. The Morgan fingerprint density at radius 3 is 2.31 bits per heavy atom. The first-order valence-electron chi connectivity index (χ1n) is 4.17. The molecule has 2 rings (SSSR count). The Morgan fingerprint density at radius 1 is 0.923 bits per heavy atom. The van der Waals surface area contributed by atoms with Crippen molar-refractivity contribution in [2.75, 3.05) is 0 Å². The zero-order valence-electron chi connectivity index (χ0n) is 7.36. The van der Waals surface area contributed by atoms with E-state index in [9.17, 15) is 0 Å². The molecule has 2 aromatic rings. The summed E-state index contributed by atoms with van der Waals surface area (Å²) in [6.07, 6.45) is 0. The van der Waals surface area contributed by atoms with Crippen LogP contribution in [-0.4, -0.2) is 0 Å². The van der Waals surface area contributed by atoms with Crippen molar-refractivity contribution in [1.82, 2.24) is 0 Å². The summed E-state index contributed by atoms with van der Waals surface area (Å²) in [6.45, 7) is 0. The Hall–Kier alpha value is -0.197. The molecule has 0 aliphatic rings. The fraction of sp³-hybridized carbons (Fsp3) is 0.0909. The van der Waals surface area contributed by atoms with Crippen LogP contribution >= 0.6 is 17.0 Å². The van der Waals surface area contributed by atoms with E-state index in [0.29, 0.717) is 0 Å². The molecule has 0 unspecified atom stereocenters. The van der Waals surface area contributed by atoms with Gasteiger partial charge in [0.25, 0.3) is 0 Å². The minimum absolute atomic E-state index is 0. The zero-order valence-corrected chi connectivity index (χ0v) is 12.0. The zero-order chi connectivity index (χ0) is 8.39. The Balaban J connectivity index is 0.000000845. The van der Waals surface area contributed by atoms with E-state index >= 15 is 0 Å². The van der Waals surface area contributed by atoms with Gasteiger partial charge in [0.2, 0.25) is 0 Å². The molecule has 0 aromatic heterocycles. The SMILES string of the molecule is Br.[Zn][CH2]c1ccc2ccccc2c1. The van der Waals surface area contributed by atoms with Crippen LogP contribution in [0.15, 0.2) is 42.5 Å². The van der Waals surface area contributed by atoms with Crippen LogP contribution in [-0.2, 0) is 23.3 Å². The molecule has 0 heterocycles. The Morgan fingerprint density at radius 2 is 1.62 bits per heavy atom. The van der Waals surface area contributed by atoms with Gasteiger partial charge in [-0.05, 0) is 0 Å². The molecule has 2 heteroatoms. The molecule has 0 nitrogen and oxygen atoms in total. The summed E-state index contributed by atoms with van der Waals surface area (Å²) < 4.78 is 0. The second kappa shape index (κ2) is 4.88. The van der Waals surface area contributed by atoms with Crippen LogP contribution in [0.25, 0.3) is 10.8 Å². The summed E-state index contributed by atoms with van der Waals surface area (Å²) in [5, 5.41) is 3.95. The van der Waals surface area contributed by atoms with E-state index < -0.39 is 0 Å². The van der Waals surface area contributed by atoms with Gasteiger partial charge in [-0.15, -0.1) is 17.0 Å². The first kappa shape index (κ1) is 10.9. The van der Waals surface area contributed by atoms with E-state index in [-0.39, 0.29) is 17.0 Å². The molecular weight excluding hydrogens is 277 g/mol. The van der Waals surface area contributed by atoms with Crippen LogP contribution in [0.2, 0.25) is 0 Å². The average molecular weight is 287 g/mol. The summed E-state index contributed by atoms with van der Waals surface area (Å²) in [7, 11) is 0. The van der Waals surface area contributed by atoms with Crippen molar-refractivity contribution < 1.29 is 18.3 Å². The summed E-state index contributed by atoms with van der Waals surface area (Å²) in [6, 6.07) is 15.2. The third-order valence-corrected chi connectivity index (χ3v) is 3.31. The molecule has 0 fully saturated rings. The van der Waals surface area contributed by atoms with Gasteiger partial charge in [-0.25, -0.2) is 0 Å². The Bertz CT molecular complexity index is 398. The van der Waals surface area contributed by atoms with Crippen molar-refractivity contribution in [2.24, 2.45) is 0 Å². The molecule has 0 atom stereocenters. The van der Waals surface area contributed by atoms with E-state index in [2.05, 4.69) is 42.5 Å². The third kappa shape index (κ3) is 2.39. The van der Waals surface area contributed by atoms with Crippen molar-refractivity contribution in [3.8, 4) is 0 Å². The van der Waals surface area contributed by atoms with E-state index in [4.69, 9.17) is 0 Å². The standard InChI is InChI=1S/C11H9.BrH.Zn/c1-9-6-7-10-4-2-3-5-11(10)8-9;;/h2-8H,1H2;1H;. The second-order valence-corrected chi connectivity index (χ2v) is 3.98. The van der Waals surface area contributed by atoms with Gasteiger partial charge >= 0.3 is 82.1 Å². The van der Waals surface area contributed by atoms with Gasteiger partial charge < -0.3 is 0 Å². The van der Waals surface area contributed by atoms with E-state index in [1.807, 2.05) is 0 Å². The van der Waals surface area contributed by atoms with Gasteiger partial charge in [-0.3, -0.25) is 0 Å². The molecule has 0 amide bonds. The van der Waals surface area contributed by atoms with E-state index in [1.165, 1.54) is 39.7 Å². The first-order valence-corrected chi connectivity index (χ1v) is 6.27. The quantitative estimate of drug-likeness (QED) is 0.705. The van der Waals surface area contributed by atoms with Crippen molar-refractivity contribution in [3.05, 3.63) is 48.0 Å². The molecule has 0 saturated heterocycles. The van der Waals surface area contributed by atoms with Crippen LogP contribution in [0.4, 0.5) is 0 Å². The molecule has 13 heavy (non-hydrogen) atoms. The second-order valence-electron chi connectivity index (χ2n) is 2.93. The van der Waals surface area contributed by atoms with E-state index in [1.54, 1.807) is 0 Å². The van der Waals surface area contributed by atoms with Crippen LogP contribution < -0.4 is 0 Å². The number of benzene rings is 2. The fourth-order valence-electron chi connectivity index (χ4n) is 1.39. The van der Waals surface area contributed by atoms with Gasteiger partial charge in [0.05, 0.1) is 0 Å². The number of hydrogen-bond donors (Lipinski definition) is 0. The number of fused-ring (bicyclic) bond motifs is 1. The first-order chi connectivity index (χ1) is 5.90. The summed E-state index contributed by atoms with van der Waals surface area (Å²) in [5.74, 6) is 0. The normalized spacial score (nSPS) is 9.69.